The first-order valence-corrected chi connectivity index (χ1v) is 11.0. The summed E-state index contributed by atoms with van der Waals surface area (Å²) < 4.78 is 24.6. The topological polar surface area (TPSA) is 147 Å². The Labute approximate surface area is 197 Å². The number of rotatable bonds is 9. The summed E-state index contributed by atoms with van der Waals surface area (Å²) in [7, 11) is 2.21. The number of esters is 1. The van der Waals surface area contributed by atoms with Crippen molar-refractivity contribution in [1.82, 2.24) is 5.32 Å². The second-order valence-corrected chi connectivity index (χ2v) is 8.26. The van der Waals surface area contributed by atoms with Crippen LogP contribution in [-0.4, -0.2) is 55.3 Å². The smallest absolute Gasteiger partial charge is 0.477 e. The van der Waals surface area contributed by atoms with Gasteiger partial charge in [-0.2, -0.15) is 0 Å². The van der Waals surface area contributed by atoms with Gasteiger partial charge < -0.3 is 28.8 Å². The molecule has 11 nitrogen and oxygen atoms in total. The van der Waals surface area contributed by atoms with E-state index in [1.54, 1.807) is 13.8 Å². The van der Waals surface area contributed by atoms with Crippen LogP contribution in [0.1, 0.15) is 51.5 Å². The van der Waals surface area contributed by atoms with E-state index >= 15 is 0 Å². The van der Waals surface area contributed by atoms with Crippen LogP contribution in [0.3, 0.4) is 0 Å². The quantitative estimate of drug-likeness (QED) is 0.231. The summed E-state index contributed by atoms with van der Waals surface area (Å²) in [6.07, 6.45) is 1.65. The molecule has 188 valence electrons. The molecule has 1 fully saturated rings. The predicted octanol–water partition coefficient (Wildman–Crippen LogP) is 3.42. The van der Waals surface area contributed by atoms with Gasteiger partial charge in [-0.3, -0.25) is 10.1 Å². The number of carbonyl (C=O) groups is 4. The molecule has 11 heteroatoms. The van der Waals surface area contributed by atoms with Crippen molar-refractivity contribution in [3.63, 3.8) is 0 Å². The van der Waals surface area contributed by atoms with Gasteiger partial charge in [-0.25, -0.2) is 14.4 Å². The summed E-state index contributed by atoms with van der Waals surface area (Å²) in [5.41, 5.74) is -1.75. The number of methoxy groups -OCH3 is 2. The first kappa shape index (κ1) is 26.9. The fraction of sp³-hybridized carbons (Fsp3) is 0.565. The third kappa shape index (κ3) is 7.34. The molecule has 0 aromatic heterocycles. The largest absolute Gasteiger partial charge is 0.513 e. The van der Waals surface area contributed by atoms with Gasteiger partial charge in [0.15, 0.2) is 11.5 Å². The van der Waals surface area contributed by atoms with E-state index in [9.17, 15) is 24.3 Å². The molecule has 2 N–H and O–H groups in total. The summed E-state index contributed by atoms with van der Waals surface area (Å²) in [6, 6.07) is 3.71. The summed E-state index contributed by atoms with van der Waals surface area (Å²) in [5, 5.41) is 13.0. The van der Waals surface area contributed by atoms with Gasteiger partial charge in [0.1, 0.15) is 0 Å². The Bertz CT molecular complexity index is 894. The highest BCUT2D eigenvalue weighted by Gasteiger charge is 2.45. The van der Waals surface area contributed by atoms with Crippen LogP contribution in [0.4, 0.5) is 9.59 Å². The van der Waals surface area contributed by atoms with Gasteiger partial charge in [0.05, 0.1) is 20.1 Å². The Morgan fingerprint density at radius 2 is 1.59 bits per heavy atom. The number of benzene rings is 1. The molecule has 1 aromatic rings. The lowest BCUT2D eigenvalue weighted by Gasteiger charge is -2.34. The van der Waals surface area contributed by atoms with Crippen LogP contribution in [-0.2, 0) is 30.2 Å². The average Bonchev–Trinajstić information content (AvgIpc) is 2.80. The van der Waals surface area contributed by atoms with Crippen LogP contribution in [0.25, 0.3) is 0 Å². The zero-order valence-electron chi connectivity index (χ0n) is 19.8. The van der Waals surface area contributed by atoms with Crippen LogP contribution in [0.5, 0.6) is 11.5 Å². The third-order valence-electron chi connectivity index (χ3n) is 5.26. The van der Waals surface area contributed by atoms with Crippen molar-refractivity contribution in [1.29, 1.82) is 0 Å². The molecule has 0 radical (unpaired) electrons. The molecule has 0 amide bonds. The Morgan fingerprint density at radius 1 is 1.00 bits per heavy atom. The SMILES string of the molecule is COC(=O)Oc1ccc(C[C@](NC(C)C)(OC(=O)C2CCCCC2)C(=O)O)cc1OC(=O)OC. The van der Waals surface area contributed by atoms with E-state index in [0.717, 1.165) is 33.5 Å². The summed E-state index contributed by atoms with van der Waals surface area (Å²) >= 11 is 0. The monoisotopic (exact) mass is 481 g/mol. The van der Waals surface area contributed by atoms with Crippen LogP contribution < -0.4 is 14.8 Å². The number of carbonyl (C=O) groups excluding carboxylic acids is 3. The molecule has 2 rings (SSSR count). The highest BCUT2D eigenvalue weighted by atomic mass is 16.7. The van der Waals surface area contributed by atoms with Crippen molar-refractivity contribution in [3.8, 4) is 11.5 Å². The van der Waals surface area contributed by atoms with Gasteiger partial charge in [0.25, 0.3) is 5.72 Å². The molecule has 0 bridgehead atoms. The molecule has 1 saturated carbocycles. The van der Waals surface area contributed by atoms with E-state index in [1.165, 1.54) is 18.2 Å². The molecule has 0 saturated heterocycles. The van der Waals surface area contributed by atoms with Gasteiger partial charge in [0.2, 0.25) is 0 Å². The maximum absolute atomic E-state index is 12.9. The van der Waals surface area contributed by atoms with E-state index in [1.807, 2.05) is 0 Å². The minimum atomic E-state index is -2.07. The average molecular weight is 481 g/mol. The molecule has 1 aromatic carbocycles. The Morgan fingerprint density at radius 3 is 2.12 bits per heavy atom. The lowest BCUT2D eigenvalue weighted by atomic mass is 9.89. The fourth-order valence-corrected chi connectivity index (χ4v) is 3.73. The molecule has 1 aliphatic rings. The first-order valence-electron chi connectivity index (χ1n) is 11.0. The van der Waals surface area contributed by atoms with E-state index < -0.39 is 30.0 Å². The van der Waals surface area contributed by atoms with Crippen molar-refractivity contribution < 1.29 is 48.0 Å². The van der Waals surface area contributed by atoms with Gasteiger partial charge in [0, 0.05) is 12.5 Å². The highest BCUT2D eigenvalue weighted by molar-refractivity contribution is 5.83. The number of carboxylic acids is 1. The number of nitrogens with one attached hydrogen (secondary N) is 1. The molecule has 1 aliphatic carbocycles. The van der Waals surface area contributed by atoms with Crippen LogP contribution in [0.15, 0.2) is 18.2 Å². The van der Waals surface area contributed by atoms with Gasteiger partial charge in [-0.05, 0) is 44.4 Å². The van der Waals surface area contributed by atoms with Crippen molar-refractivity contribution in [2.24, 2.45) is 5.92 Å². The molecular formula is C23H31NO10. The lowest BCUT2D eigenvalue weighted by Crippen LogP contribution is -2.59. The van der Waals surface area contributed by atoms with Crippen LogP contribution >= 0.6 is 0 Å². The number of aliphatic carboxylic acids is 1. The minimum Gasteiger partial charge on any atom is -0.477 e. The molecule has 0 unspecified atom stereocenters. The second-order valence-electron chi connectivity index (χ2n) is 8.26. The number of ether oxygens (including phenoxy) is 5. The predicted molar refractivity (Wildman–Crippen MR) is 118 cm³/mol. The van der Waals surface area contributed by atoms with E-state index in [4.69, 9.17) is 14.2 Å². The molecule has 0 spiro atoms. The molecule has 1 atom stereocenters. The third-order valence-corrected chi connectivity index (χ3v) is 5.26. The lowest BCUT2D eigenvalue weighted by molar-refractivity contribution is -0.188. The minimum absolute atomic E-state index is 0.155. The van der Waals surface area contributed by atoms with Crippen molar-refractivity contribution >= 4 is 24.2 Å². The van der Waals surface area contributed by atoms with Gasteiger partial charge in [-0.15, -0.1) is 0 Å². The Kier molecular flexibility index (Phi) is 9.67. The van der Waals surface area contributed by atoms with Crippen molar-refractivity contribution in [3.05, 3.63) is 23.8 Å². The van der Waals surface area contributed by atoms with Crippen molar-refractivity contribution in [2.45, 2.75) is 64.1 Å². The molecule has 0 aliphatic heterocycles. The van der Waals surface area contributed by atoms with Gasteiger partial charge in [-0.1, -0.05) is 25.3 Å². The standard InChI is InChI=1S/C23H31NO10/c1-14(2)24-23(20(26)27,34-19(25)16-8-6-5-7-9-16)13-15-10-11-17(32-21(28)30-3)18(12-15)33-22(29)31-4/h10-12,14,16,24H,5-9,13H2,1-4H3,(H,26,27)/t23-/m0/s1. The molecular weight excluding hydrogens is 450 g/mol. The van der Waals surface area contributed by atoms with Crippen LogP contribution in [0.2, 0.25) is 0 Å². The normalized spacial score (nSPS) is 15.7. The first-order chi connectivity index (χ1) is 16.1. The fourth-order valence-electron chi connectivity index (χ4n) is 3.73. The number of hydrogen-bond acceptors (Lipinski definition) is 10. The molecule has 0 heterocycles. The zero-order valence-corrected chi connectivity index (χ0v) is 19.8. The van der Waals surface area contributed by atoms with E-state index in [0.29, 0.717) is 18.4 Å². The van der Waals surface area contributed by atoms with E-state index in [-0.39, 0.29) is 29.9 Å². The zero-order chi connectivity index (χ0) is 25.3. The van der Waals surface area contributed by atoms with Gasteiger partial charge >= 0.3 is 24.2 Å². The summed E-state index contributed by atoms with van der Waals surface area (Å²) in [5.74, 6) is -2.69. The molecule has 34 heavy (non-hydrogen) atoms. The summed E-state index contributed by atoms with van der Waals surface area (Å²) in [6.45, 7) is 3.45. The highest BCUT2D eigenvalue weighted by Crippen LogP contribution is 2.32. The number of carboxylic acid groups (broad SMARTS) is 1. The van der Waals surface area contributed by atoms with Crippen LogP contribution in [0, 0.1) is 5.92 Å². The Balaban J connectivity index is 2.40. The maximum atomic E-state index is 12.9. The maximum Gasteiger partial charge on any atom is 0.513 e. The van der Waals surface area contributed by atoms with Crippen molar-refractivity contribution in [2.75, 3.05) is 14.2 Å². The summed E-state index contributed by atoms with van der Waals surface area (Å²) in [4.78, 5) is 48.5. The second kappa shape index (κ2) is 12.2. The van der Waals surface area contributed by atoms with E-state index in [2.05, 4.69) is 14.8 Å². The Hall–Kier alpha value is -3.34. The number of hydrogen-bond donors (Lipinski definition) is 2.